The lowest BCUT2D eigenvalue weighted by Crippen LogP contribution is -2.38. The van der Waals surface area contributed by atoms with Gasteiger partial charge in [-0.05, 0) is 61.9 Å². The highest BCUT2D eigenvalue weighted by atomic mass is 19.1. The van der Waals surface area contributed by atoms with Gasteiger partial charge in [0.25, 0.3) is 0 Å². The van der Waals surface area contributed by atoms with Crippen molar-refractivity contribution in [1.29, 1.82) is 0 Å². The van der Waals surface area contributed by atoms with E-state index in [-0.39, 0.29) is 17.7 Å². The summed E-state index contributed by atoms with van der Waals surface area (Å²) in [5.74, 6) is 0.796. The third-order valence-electron chi connectivity index (χ3n) is 4.98. The summed E-state index contributed by atoms with van der Waals surface area (Å²) in [6.07, 6.45) is 8.13. The van der Waals surface area contributed by atoms with Crippen LogP contribution in [0.5, 0.6) is 0 Å². The summed E-state index contributed by atoms with van der Waals surface area (Å²) in [5.41, 5.74) is 0.491. The Bertz CT molecular complexity index is 439. The molecule has 0 aliphatic heterocycles. The average molecular weight is 295 g/mol. The number of likely N-dealkylation sites (N-methyl/N-ethyl adjacent to an activating group) is 1. The van der Waals surface area contributed by atoms with Crippen LogP contribution in [0.15, 0.2) is 18.2 Å². The molecular formula is C18H27F2N. The standard InChI is InChI=1S/C18H27F2N/c1-3-4-13-5-7-14(8-6-13)18(21-2)12-15-11-16(19)9-10-17(15)20/h9-11,13-14,18,21H,3-8,12H2,1-2H3. The second-order valence-electron chi connectivity index (χ2n) is 6.40. The van der Waals surface area contributed by atoms with Gasteiger partial charge >= 0.3 is 0 Å². The van der Waals surface area contributed by atoms with Gasteiger partial charge in [0.1, 0.15) is 11.6 Å². The summed E-state index contributed by atoms with van der Waals surface area (Å²) in [7, 11) is 1.93. The molecule has 1 unspecified atom stereocenters. The summed E-state index contributed by atoms with van der Waals surface area (Å²) in [6, 6.07) is 3.99. The Morgan fingerprint density at radius 1 is 1.19 bits per heavy atom. The lowest BCUT2D eigenvalue weighted by molar-refractivity contribution is 0.217. The Morgan fingerprint density at radius 3 is 2.52 bits per heavy atom. The van der Waals surface area contributed by atoms with Crippen molar-refractivity contribution in [2.75, 3.05) is 7.05 Å². The Balaban J connectivity index is 1.96. The predicted molar refractivity (Wildman–Crippen MR) is 83.3 cm³/mol. The van der Waals surface area contributed by atoms with Gasteiger partial charge in [0.15, 0.2) is 0 Å². The molecule has 0 radical (unpaired) electrons. The van der Waals surface area contributed by atoms with Crippen LogP contribution in [0, 0.1) is 23.5 Å². The van der Waals surface area contributed by atoms with Crippen LogP contribution in [0.2, 0.25) is 0 Å². The first-order chi connectivity index (χ1) is 10.1. The lowest BCUT2D eigenvalue weighted by Gasteiger charge is -2.34. The fourth-order valence-electron chi connectivity index (χ4n) is 3.73. The first-order valence-corrected chi connectivity index (χ1v) is 8.25. The molecule has 1 aromatic carbocycles. The molecule has 0 spiro atoms. The second-order valence-corrected chi connectivity index (χ2v) is 6.40. The molecule has 1 nitrogen and oxygen atoms in total. The smallest absolute Gasteiger partial charge is 0.126 e. The summed E-state index contributed by atoms with van der Waals surface area (Å²) in [4.78, 5) is 0. The van der Waals surface area contributed by atoms with Gasteiger partial charge in [-0.3, -0.25) is 0 Å². The molecule has 118 valence electrons. The summed E-state index contributed by atoms with van der Waals surface area (Å²) in [6.45, 7) is 2.25. The van der Waals surface area contributed by atoms with E-state index in [1.807, 2.05) is 7.05 Å². The molecule has 1 fully saturated rings. The van der Waals surface area contributed by atoms with E-state index in [9.17, 15) is 8.78 Å². The fraction of sp³-hybridized carbons (Fsp3) is 0.667. The van der Waals surface area contributed by atoms with Crippen LogP contribution in [-0.4, -0.2) is 13.1 Å². The summed E-state index contributed by atoms with van der Waals surface area (Å²) < 4.78 is 27.1. The van der Waals surface area contributed by atoms with Crippen molar-refractivity contribution >= 4 is 0 Å². The largest absolute Gasteiger partial charge is 0.316 e. The highest BCUT2D eigenvalue weighted by Crippen LogP contribution is 2.34. The molecule has 0 amide bonds. The van der Waals surface area contributed by atoms with Crippen LogP contribution in [0.4, 0.5) is 8.78 Å². The highest BCUT2D eigenvalue weighted by Gasteiger charge is 2.27. The molecule has 1 N–H and O–H groups in total. The number of hydrogen-bond donors (Lipinski definition) is 1. The molecule has 3 heteroatoms. The minimum Gasteiger partial charge on any atom is -0.316 e. The minimum absolute atomic E-state index is 0.240. The summed E-state index contributed by atoms with van der Waals surface area (Å²) >= 11 is 0. The molecule has 0 aromatic heterocycles. The molecule has 21 heavy (non-hydrogen) atoms. The van der Waals surface area contributed by atoms with Crippen LogP contribution in [0.1, 0.15) is 51.0 Å². The molecular weight excluding hydrogens is 268 g/mol. The van der Waals surface area contributed by atoms with Gasteiger partial charge in [-0.25, -0.2) is 8.78 Å². The van der Waals surface area contributed by atoms with Gasteiger partial charge in [-0.15, -0.1) is 0 Å². The third kappa shape index (κ3) is 4.50. The zero-order valence-electron chi connectivity index (χ0n) is 13.2. The van der Waals surface area contributed by atoms with E-state index in [4.69, 9.17) is 0 Å². The van der Waals surface area contributed by atoms with Gasteiger partial charge < -0.3 is 5.32 Å². The number of nitrogens with one attached hydrogen (secondary N) is 1. The summed E-state index contributed by atoms with van der Waals surface area (Å²) in [5, 5.41) is 3.32. The third-order valence-corrected chi connectivity index (χ3v) is 4.98. The van der Waals surface area contributed by atoms with E-state index in [1.165, 1.54) is 56.7 Å². The zero-order chi connectivity index (χ0) is 15.2. The first-order valence-electron chi connectivity index (χ1n) is 8.25. The molecule has 1 aliphatic rings. The maximum Gasteiger partial charge on any atom is 0.126 e. The van der Waals surface area contributed by atoms with Gasteiger partial charge in [0.05, 0.1) is 0 Å². The maximum atomic E-state index is 13.8. The van der Waals surface area contributed by atoms with Crippen molar-refractivity contribution in [1.82, 2.24) is 5.32 Å². The fourth-order valence-corrected chi connectivity index (χ4v) is 3.73. The number of halogens is 2. The van der Waals surface area contributed by atoms with E-state index < -0.39 is 0 Å². The van der Waals surface area contributed by atoms with Gasteiger partial charge in [0.2, 0.25) is 0 Å². The van der Waals surface area contributed by atoms with Crippen molar-refractivity contribution in [2.24, 2.45) is 11.8 Å². The van der Waals surface area contributed by atoms with Gasteiger partial charge in [-0.1, -0.05) is 32.6 Å². The monoisotopic (exact) mass is 295 g/mol. The Hall–Kier alpha value is -0.960. The minimum atomic E-state index is -0.354. The molecule has 0 heterocycles. The maximum absolute atomic E-state index is 13.8. The van der Waals surface area contributed by atoms with Gasteiger partial charge in [0, 0.05) is 6.04 Å². The molecule has 1 aliphatic carbocycles. The Morgan fingerprint density at radius 2 is 1.90 bits per heavy atom. The van der Waals surface area contributed by atoms with Crippen LogP contribution in [-0.2, 0) is 6.42 Å². The molecule has 1 saturated carbocycles. The molecule has 0 saturated heterocycles. The highest BCUT2D eigenvalue weighted by molar-refractivity contribution is 5.20. The zero-order valence-corrected chi connectivity index (χ0v) is 13.2. The van der Waals surface area contributed by atoms with E-state index in [0.29, 0.717) is 17.9 Å². The predicted octanol–water partition coefficient (Wildman–Crippen LogP) is 4.70. The van der Waals surface area contributed by atoms with Crippen LogP contribution < -0.4 is 5.32 Å². The molecule has 1 aromatic rings. The quantitative estimate of drug-likeness (QED) is 0.802. The number of hydrogen-bond acceptors (Lipinski definition) is 1. The van der Waals surface area contributed by atoms with Gasteiger partial charge in [-0.2, -0.15) is 0 Å². The Labute approximate surface area is 127 Å². The van der Waals surface area contributed by atoms with E-state index in [1.54, 1.807) is 0 Å². The number of rotatable bonds is 6. The van der Waals surface area contributed by atoms with E-state index in [2.05, 4.69) is 12.2 Å². The molecule has 2 rings (SSSR count). The van der Waals surface area contributed by atoms with Crippen molar-refractivity contribution in [3.05, 3.63) is 35.4 Å². The van der Waals surface area contributed by atoms with Crippen molar-refractivity contribution in [2.45, 2.75) is 57.9 Å². The lowest BCUT2D eigenvalue weighted by atomic mass is 9.76. The molecule has 0 bridgehead atoms. The van der Waals surface area contributed by atoms with Crippen molar-refractivity contribution < 1.29 is 8.78 Å². The van der Waals surface area contributed by atoms with E-state index in [0.717, 1.165) is 5.92 Å². The van der Waals surface area contributed by atoms with E-state index >= 15 is 0 Å². The topological polar surface area (TPSA) is 12.0 Å². The molecule has 1 atom stereocenters. The van der Waals surface area contributed by atoms with Crippen molar-refractivity contribution in [3.8, 4) is 0 Å². The second kappa shape index (κ2) is 7.88. The average Bonchev–Trinajstić information content (AvgIpc) is 2.49. The SMILES string of the molecule is CCCC1CCC(C(Cc2cc(F)ccc2F)NC)CC1. The Kier molecular flexibility index (Phi) is 6.16. The van der Waals surface area contributed by atoms with Crippen LogP contribution >= 0.6 is 0 Å². The van der Waals surface area contributed by atoms with Crippen molar-refractivity contribution in [3.63, 3.8) is 0 Å². The number of benzene rings is 1. The van der Waals surface area contributed by atoms with Crippen LogP contribution in [0.25, 0.3) is 0 Å². The van der Waals surface area contributed by atoms with Crippen LogP contribution in [0.3, 0.4) is 0 Å². The first kappa shape index (κ1) is 16.4. The normalized spacial score (nSPS) is 24.0.